The van der Waals surface area contributed by atoms with Crippen molar-refractivity contribution >= 4 is 17.3 Å². The average Bonchev–Trinajstić information content (AvgIpc) is 3.11. The van der Waals surface area contributed by atoms with Crippen molar-refractivity contribution in [3.05, 3.63) is 80.9 Å². The summed E-state index contributed by atoms with van der Waals surface area (Å²) in [7, 11) is 0. The predicted molar refractivity (Wildman–Crippen MR) is 97.6 cm³/mol. The molecule has 0 bridgehead atoms. The molecule has 3 unspecified atom stereocenters. The van der Waals surface area contributed by atoms with Crippen LogP contribution in [0.25, 0.3) is 0 Å². The number of rotatable bonds is 3. The Bertz CT molecular complexity index is 934. The van der Waals surface area contributed by atoms with Gasteiger partial charge in [-0.25, -0.2) is 4.79 Å². The number of anilines is 1. The number of aromatic carboxylic acids is 1. The lowest BCUT2D eigenvalue weighted by Crippen LogP contribution is -2.29. The molecule has 6 nitrogen and oxygen atoms in total. The number of carboxylic acids is 1. The van der Waals surface area contributed by atoms with Gasteiger partial charge in [0.05, 0.1) is 16.5 Å². The average molecular weight is 350 g/mol. The highest BCUT2D eigenvalue weighted by Crippen LogP contribution is 2.51. The molecule has 0 saturated heterocycles. The Morgan fingerprint density at radius 1 is 1.27 bits per heavy atom. The van der Waals surface area contributed by atoms with E-state index in [-0.39, 0.29) is 34.1 Å². The predicted octanol–water partition coefficient (Wildman–Crippen LogP) is 4.43. The van der Waals surface area contributed by atoms with Crippen LogP contribution in [0.1, 0.15) is 45.4 Å². The first kappa shape index (κ1) is 16.3. The van der Waals surface area contributed by atoms with Crippen LogP contribution >= 0.6 is 0 Å². The van der Waals surface area contributed by atoms with Gasteiger partial charge in [-0.05, 0) is 48.1 Å². The molecule has 26 heavy (non-hydrogen) atoms. The second kappa shape index (κ2) is 5.98. The molecule has 2 N–H and O–H groups in total. The van der Waals surface area contributed by atoms with Crippen molar-refractivity contribution in [1.29, 1.82) is 0 Å². The van der Waals surface area contributed by atoms with E-state index < -0.39 is 5.97 Å². The summed E-state index contributed by atoms with van der Waals surface area (Å²) in [6, 6.07) is 10.2. The van der Waals surface area contributed by atoms with E-state index >= 15 is 0 Å². The standard InChI is InChI=1S/C20H18N2O4/c1-11-9-14(22(25)26)10-17-15-3-2-4-16(15)19(21-18(11)17)12-5-7-13(8-6-12)20(23)24/h2-3,5-10,15-16,19,21H,4H2,1H3,(H,23,24). The van der Waals surface area contributed by atoms with Crippen LogP contribution in [-0.2, 0) is 0 Å². The van der Waals surface area contributed by atoms with Crippen molar-refractivity contribution in [1.82, 2.24) is 0 Å². The molecule has 2 aromatic carbocycles. The molecule has 0 amide bonds. The summed E-state index contributed by atoms with van der Waals surface area (Å²) in [6.07, 6.45) is 5.13. The van der Waals surface area contributed by atoms with Crippen LogP contribution in [0.3, 0.4) is 0 Å². The van der Waals surface area contributed by atoms with Crippen molar-refractivity contribution in [2.45, 2.75) is 25.3 Å². The van der Waals surface area contributed by atoms with Crippen molar-refractivity contribution in [2.24, 2.45) is 5.92 Å². The molecule has 6 heteroatoms. The van der Waals surface area contributed by atoms with Gasteiger partial charge in [0, 0.05) is 23.7 Å². The lowest BCUT2D eigenvalue weighted by Gasteiger charge is -2.38. The number of nitrogens with zero attached hydrogens (tertiary/aromatic N) is 1. The summed E-state index contributed by atoms with van der Waals surface area (Å²) < 4.78 is 0. The number of carboxylic acid groups (broad SMARTS) is 1. The fourth-order valence-corrected chi connectivity index (χ4v) is 4.14. The first-order chi connectivity index (χ1) is 12.5. The second-order valence-electron chi connectivity index (χ2n) is 6.89. The normalized spacial score (nSPS) is 23.0. The van der Waals surface area contributed by atoms with Crippen LogP contribution in [0, 0.1) is 23.0 Å². The van der Waals surface area contributed by atoms with E-state index in [1.165, 1.54) is 0 Å². The Morgan fingerprint density at radius 3 is 2.65 bits per heavy atom. The van der Waals surface area contributed by atoms with Gasteiger partial charge in [-0.2, -0.15) is 0 Å². The molecule has 0 aromatic heterocycles. The zero-order valence-corrected chi connectivity index (χ0v) is 14.2. The molecule has 1 heterocycles. The van der Waals surface area contributed by atoms with Crippen LogP contribution in [0.5, 0.6) is 0 Å². The van der Waals surface area contributed by atoms with E-state index in [0.29, 0.717) is 0 Å². The molecule has 0 saturated carbocycles. The van der Waals surface area contributed by atoms with Gasteiger partial charge in [0.25, 0.3) is 5.69 Å². The van der Waals surface area contributed by atoms with Gasteiger partial charge in [0.1, 0.15) is 0 Å². The highest BCUT2D eigenvalue weighted by molar-refractivity contribution is 5.87. The number of hydrogen-bond donors (Lipinski definition) is 2. The Balaban J connectivity index is 1.77. The van der Waals surface area contributed by atoms with Gasteiger partial charge in [0.15, 0.2) is 0 Å². The molecule has 3 atom stereocenters. The zero-order chi connectivity index (χ0) is 18.4. The maximum absolute atomic E-state index is 11.2. The minimum atomic E-state index is -0.943. The van der Waals surface area contributed by atoms with E-state index in [9.17, 15) is 14.9 Å². The Labute approximate surface area is 150 Å². The molecule has 0 radical (unpaired) electrons. The molecule has 132 valence electrons. The summed E-state index contributed by atoms with van der Waals surface area (Å²) in [4.78, 5) is 22.0. The molecular weight excluding hydrogens is 332 g/mol. The minimum absolute atomic E-state index is 0.0329. The van der Waals surface area contributed by atoms with Gasteiger partial charge in [-0.3, -0.25) is 10.1 Å². The van der Waals surface area contributed by atoms with Gasteiger partial charge < -0.3 is 10.4 Å². The van der Waals surface area contributed by atoms with Gasteiger partial charge in [-0.1, -0.05) is 24.3 Å². The second-order valence-corrected chi connectivity index (χ2v) is 6.89. The highest BCUT2D eigenvalue weighted by Gasteiger charge is 2.39. The molecule has 1 aliphatic carbocycles. The van der Waals surface area contributed by atoms with Crippen molar-refractivity contribution < 1.29 is 14.8 Å². The molecule has 0 spiro atoms. The number of allylic oxidation sites excluding steroid dienone is 2. The lowest BCUT2D eigenvalue weighted by molar-refractivity contribution is -0.385. The van der Waals surface area contributed by atoms with Gasteiger partial charge in [-0.15, -0.1) is 0 Å². The quantitative estimate of drug-likeness (QED) is 0.485. The topological polar surface area (TPSA) is 92.5 Å². The first-order valence-electron chi connectivity index (χ1n) is 8.51. The van der Waals surface area contributed by atoms with Crippen molar-refractivity contribution in [3.63, 3.8) is 0 Å². The van der Waals surface area contributed by atoms with Crippen LogP contribution in [0.2, 0.25) is 0 Å². The monoisotopic (exact) mass is 350 g/mol. The fourth-order valence-electron chi connectivity index (χ4n) is 4.14. The molecule has 0 fully saturated rings. The van der Waals surface area contributed by atoms with E-state index in [2.05, 4.69) is 17.5 Å². The van der Waals surface area contributed by atoms with E-state index in [4.69, 9.17) is 5.11 Å². The molecule has 1 aliphatic heterocycles. The number of aryl methyl sites for hydroxylation is 1. The van der Waals surface area contributed by atoms with Crippen LogP contribution < -0.4 is 5.32 Å². The van der Waals surface area contributed by atoms with Crippen molar-refractivity contribution in [3.8, 4) is 0 Å². The fraction of sp³-hybridized carbons (Fsp3) is 0.250. The van der Waals surface area contributed by atoms with Crippen molar-refractivity contribution in [2.75, 3.05) is 5.32 Å². The number of hydrogen-bond acceptors (Lipinski definition) is 4. The molecular formula is C20H18N2O4. The smallest absolute Gasteiger partial charge is 0.335 e. The Kier molecular flexibility index (Phi) is 3.76. The number of benzene rings is 2. The van der Waals surface area contributed by atoms with Crippen LogP contribution in [0.4, 0.5) is 11.4 Å². The van der Waals surface area contributed by atoms with Crippen LogP contribution in [0.15, 0.2) is 48.6 Å². The Morgan fingerprint density at radius 2 is 2.00 bits per heavy atom. The summed E-state index contributed by atoms with van der Waals surface area (Å²) in [5, 5.41) is 23.9. The molecule has 2 aromatic rings. The maximum atomic E-state index is 11.2. The number of nitro benzene ring substituents is 1. The van der Waals surface area contributed by atoms with E-state index in [0.717, 1.165) is 28.8 Å². The van der Waals surface area contributed by atoms with Crippen LogP contribution in [-0.4, -0.2) is 16.0 Å². The number of non-ortho nitro benzene ring substituents is 1. The highest BCUT2D eigenvalue weighted by atomic mass is 16.6. The molecule has 4 rings (SSSR count). The summed E-state index contributed by atoms with van der Waals surface area (Å²) in [5.41, 5.74) is 4.16. The summed E-state index contributed by atoms with van der Waals surface area (Å²) in [5.74, 6) is -0.573. The number of nitrogens with one attached hydrogen (secondary N) is 1. The third-order valence-electron chi connectivity index (χ3n) is 5.38. The van der Waals surface area contributed by atoms with Gasteiger partial charge >= 0.3 is 5.97 Å². The largest absolute Gasteiger partial charge is 0.478 e. The maximum Gasteiger partial charge on any atom is 0.335 e. The number of nitro groups is 1. The molecule has 2 aliphatic rings. The third-order valence-corrected chi connectivity index (χ3v) is 5.38. The number of fused-ring (bicyclic) bond motifs is 3. The van der Waals surface area contributed by atoms with E-state index in [1.807, 2.05) is 19.1 Å². The number of carbonyl (C=O) groups is 1. The lowest BCUT2D eigenvalue weighted by atomic mass is 9.76. The first-order valence-corrected chi connectivity index (χ1v) is 8.51. The minimum Gasteiger partial charge on any atom is -0.478 e. The third kappa shape index (κ3) is 2.54. The Hall–Kier alpha value is -3.15. The van der Waals surface area contributed by atoms with E-state index in [1.54, 1.807) is 24.3 Å². The zero-order valence-electron chi connectivity index (χ0n) is 14.2. The van der Waals surface area contributed by atoms with Gasteiger partial charge in [0.2, 0.25) is 0 Å². The summed E-state index contributed by atoms with van der Waals surface area (Å²) >= 11 is 0. The SMILES string of the molecule is Cc1cc([N+](=O)[O-])cc2c1NC(c1ccc(C(=O)O)cc1)C1CC=CC21. The summed E-state index contributed by atoms with van der Waals surface area (Å²) in [6.45, 7) is 1.88.